The summed E-state index contributed by atoms with van der Waals surface area (Å²) in [5, 5.41) is 24.0. The molecule has 0 unspecified atom stereocenters. The van der Waals surface area contributed by atoms with Crippen LogP contribution in [0.25, 0.3) is 10.9 Å². The van der Waals surface area contributed by atoms with Crippen molar-refractivity contribution in [2.75, 3.05) is 12.4 Å². The van der Waals surface area contributed by atoms with Gasteiger partial charge in [0.1, 0.15) is 18.1 Å². The maximum atomic E-state index is 12.4. The molecule has 1 heterocycles. The van der Waals surface area contributed by atoms with Crippen molar-refractivity contribution >= 4 is 41.3 Å². The standard InChI is InChI=1S/C17H22N4O5S/c18-11(7-22)15(23)21-14(8-27)16(24)20-13(17(25)26)5-9-6-19-12-4-2-1-3-10(9)12/h1-4,6,11,13-14,19,22,27H,5,7-8,18H2,(H,20,24)(H,21,23)(H,25,26)/t11-,13-,14-/m0/s1. The maximum absolute atomic E-state index is 12.4. The molecule has 10 heteroatoms. The van der Waals surface area contributed by atoms with Crippen molar-refractivity contribution in [1.82, 2.24) is 15.6 Å². The fraction of sp³-hybridized carbons (Fsp3) is 0.353. The minimum Gasteiger partial charge on any atom is -0.480 e. The average Bonchev–Trinajstić information content (AvgIpc) is 3.07. The molecule has 146 valence electrons. The lowest BCUT2D eigenvalue weighted by atomic mass is 10.0. The minimum atomic E-state index is -1.20. The van der Waals surface area contributed by atoms with Crippen LogP contribution in [0.5, 0.6) is 0 Å². The molecule has 2 rings (SSSR count). The first-order valence-corrected chi connectivity index (χ1v) is 8.86. The van der Waals surface area contributed by atoms with Crippen LogP contribution in [0.2, 0.25) is 0 Å². The van der Waals surface area contributed by atoms with Crippen molar-refractivity contribution in [1.29, 1.82) is 0 Å². The highest BCUT2D eigenvalue weighted by Crippen LogP contribution is 2.19. The highest BCUT2D eigenvalue weighted by Gasteiger charge is 2.27. The van der Waals surface area contributed by atoms with Crippen molar-refractivity contribution < 1.29 is 24.6 Å². The van der Waals surface area contributed by atoms with E-state index in [9.17, 15) is 19.5 Å². The number of amides is 2. The zero-order valence-corrected chi connectivity index (χ0v) is 15.3. The number of rotatable bonds is 9. The van der Waals surface area contributed by atoms with Gasteiger partial charge in [-0.1, -0.05) is 18.2 Å². The predicted molar refractivity (Wildman–Crippen MR) is 102 cm³/mol. The van der Waals surface area contributed by atoms with E-state index in [0.29, 0.717) is 0 Å². The second-order valence-electron chi connectivity index (χ2n) is 6.00. The predicted octanol–water partition coefficient (Wildman–Crippen LogP) is -0.986. The van der Waals surface area contributed by atoms with Crippen LogP contribution in [0.1, 0.15) is 5.56 Å². The van der Waals surface area contributed by atoms with Gasteiger partial charge in [-0.2, -0.15) is 12.6 Å². The summed E-state index contributed by atoms with van der Waals surface area (Å²) >= 11 is 4.01. The third kappa shape index (κ3) is 5.22. The van der Waals surface area contributed by atoms with Crippen LogP contribution >= 0.6 is 12.6 Å². The van der Waals surface area contributed by atoms with Crippen LogP contribution in [0.15, 0.2) is 30.5 Å². The number of aliphatic carboxylic acids is 1. The van der Waals surface area contributed by atoms with Gasteiger partial charge in [-0.15, -0.1) is 0 Å². The lowest BCUT2D eigenvalue weighted by Crippen LogP contribution is -2.56. The van der Waals surface area contributed by atoms with E-state index in [2.05, 4.69) is 28.2 Å². The molecule has 0 aliphatic rings. The number of H-pyrrole nitrogens is 1. The number of carboxylic acid groups (broad SMARTS) is 1. The number of thiol groups is 1. The number of aliphatic hydroxyl groups is 1. The van der Waals surface area contributed by atoms with Gasteiger partial charge in [0.15, 0.2) is 0 Å². The second kappa shape index (κ2) is 9.40. The zero-order chi connectivity index (χ0) is 20.0. The number of aliphatic hydroxyl groups excluding tert-OH is 1. The Morgan fingerprint density at radius 1 is 1.15 bits per heavy atom. The van der Waals surface area contributed by atoms with Crippen molar-refractivity contribution in [2.45, 2.75) is 24.5 Å². The Kier molecular flexibility index (Phi) is 7.22. The first-order chi connectivity index (χ1) is 12.9. The van der Waals surface area contributed by atoms with E-state index >= 15 is 0 Å². The molecule has 0 aliphatic carbocycles. The molecule has 0 aliphatic heterocycles. The average molecular weight is 394 g/mol. The van der Waals surface area contributed by atoms with Gasteiger partial charge < -0.3 is 31.6 Å². The van der Waals surface area contributed by atoms with E-state index in [1.54, 1.807) is 6.20 Å². The molecule has 9 nitrogen and oxygen atoms in total. The van der Waals surface area contributed by atoms with Gasteiger partial charge in [-0.25, -0.2) is 4.79 Å². The number of nitrogens with one attached hydrogen (secondary N) is 3. The van der Waals surface area contributed by atoms with Crippen LogP contribution in [-0.2, 0) is 20.8 Å². The number of aromatic nitrogens is 1. The fourth-order valence-electron chi connectivity index (χ4n) is 2.55. The number of carboxylic acids is 1. The number of aromatic amines is 1. The van der Waals surface area contributed by atoms with Crippen LogP contribution in [0.3, 0.4) is 0 Å². The van der Waals surface area contributed by atoms with Gasteiger partial charge in [0.05, 0.1) is 6.61 Å². The summed E-state index contributed by atoms with van der Waals surface area (Å²) in [5.41, 5.74) is 7.00. The van der Waals surface area contributed by atoms with Gasteiger partial charge in [0, 0.05) is 29.3 Å². The Morgan fingerprint density at radius 2 is 1.81 bits per heavy atom. The summed E-state index contributed by atoms with van der Waals surface area (Å²) in [6, 6.07) is 3.97. The first-order valence-electron chi connectivity index (χ1n) is 8.23. The number of carbonyl (C=O) groups excluding carboxylic acids is 2. The lowest BCUT2D eigenvalue weighted by Gasteiger charge is -2.21. The van der Waals surface area contributed by atoms with Crippen molar-refractivity contribution in [3.63, 3.8) is 0 Å². The molecule has 0 saturated carbocycles. The summed E-state index contributed by atoms with van der Waals surface area (Å²) in [6.07, 6.45) is 1.76. The molecular weight excluding hydrogens is 372 g/mol. The maximum Gasteiger partial charge on any atom is 0.326 e. The van der Waals surface area contributed by atoms with Gasteiger partial charge in [0.25, 0.3) is 0 Å². The van der Waals surface area contributed by atoms with Crippen LogP contribution in [-0.4, -0.2) is 63.5 Å². The van der Waals surface area contributed by atoms with E-state index < -0.39 is 42.5 Å². The second-order valence-corrected chi connectivity index (χ2v) is 6.36. The lowest BCUT2D eigenvalue weighted by molar-refractivity contribution is -0.142. The molecule has 2 amide bonds. The summed E-state index contributed by atoms with van der Waals surface area (Å²) in [4.78, 5) is 38.8. The third-order valence-corrected chi connectivity index (χ3v) is 4.43. The van der Waals surface area contributed by atoms with Crippen LogP contribution in [0, 0.1) is 0 Å². The number of nitrogens with two attached hydrogens (primary N) is 1. The molecule has 0 fully saturated rings. The molecule has 0 spiro atoms. The normalized spacial score (nSPS) is 14.3. The number of carbonyl (C=O) groups is 3. The van der Waals surface area contributed by atoms with Crippen molar-refractivity contribution in [2.24, 2.45) is 5.73 Å². The first kappa shape index (κ1) is 20.7. The van der Waals surface area contributed by atoms with Crippen molar-refractivity contribution in [3.05, 3.63) is 36.0 Å². The number of benzene rings is 1. The van der Waals surface area contributed by atoms with Crippen LogP contribution in [0.4, 0.5) is 0 Å². The molecule has 0 radical (unpaired) electrons. The molecule has 1 aromatic heterocycles. The highest BCUT2D eigenvalue weighted by molar-refractivity contribution is 7.80. The monoisotopic (exact) mass is 394 g/mol. The zero-order valence-electron chi connectivity index (χ0n) is 14.4. The van der Waals surface area contributed by atoms with E-state index in [1.807, 2.05) is 24.3 Å². The van der Waals surface area contributed by atoms with E-state index in [4.69, 9.17) is 10.8 Å². The minimum absolute atomic E-state index is 0.0604. The quantitative estimate of drug-likeness (QED) is 0.271. The largest absolute Gasteiger partial charge is 0.480 e. The number of hydrogen-bond donors (Lipinski definition) is 7. The Balaban J connectivity index is 2.09. The van der Waals surface area contributed by atoms with Crippen LogP contribution < -0.4 is 16.4 Å². The number of hydrogen-bond acceptors (Lipinski definition) is 6. The molecule has 1 aromatic carbocycles. The highest BCUT2D eigenvalue weighted by atomic mass is 32.1. The Labute approximate surface area is 160 Å². The fourth-order valence-corrected chi connectivity index (χ4v) is 2.81. The third-order valence-electron chi connectivity index (χ3n) is 4.06. The van der Waals surface area contributed by atoms with E-state index in [0.717, 1.165) is 16.5 Å². The summed E-state index contributed by atoms with van der Waals surface area (Å²) in [7, 11) is 0. The molecule has 7 N–H and O–H groups in total. The van der Waals surface area contributed by atoms with E-state index in [1.165, 1.54) is 0 Å². The Hall–Kier alpha value is -2.56. The van der Waals surface area contributed by atoms with Gasteiger partial charge >= 0.3 is 5.97 Å². The molecule has 2 aromatic rings. The topological polar surface area (TPSA) is 158 Å². The molecule has 0 saturated heterocycles. The molecule has 3 atom stereocenters. The molecule has 0 bridgehead atoms. The Morgan fingerprint density at radius 3 is 2.44 bits per heavy atom. The summed E-state index contributed by atoms with van der Waals surface area (Å²) < 4.78 is 0. The number of fused-ring (bicyclic) bond motifs is 1. The number of para-hydroxylation sites is 1. The smallest absolute Gasteiger partial charge is 0.326 e. The Bertz CT molecular complexity index is 825. The summed E-state index contributed by atoms with van der Waals surface area (Å²) in [5.74, 6) is -2.69. The van der Waals surface area contributed by atoms with Gasteiger partial charge in [-0.05, 0) is 11.6 Å². The SMILES string of the molecule is N[C@@H](CO)C(=O)N[C@@H](CS)C(=O)N[C@@H](Cc1c[nH]c2ccccc12)C(=O)O. The van der Waals surface area contributed by atoms with Gasteiger partial charge in [-0.3, -0.25) is 9.59 Å². The molecular formula is C17H22N4O5S. The molecule has 27 heavy (non-hydrogen) atoms. The van der Waals surface area contributed by atoms with Gasteiger partial charge in [0.2, 0.25) is 11.8 Å². The summed E-state index contributed by atoms with van der Waals surface area (Å²) in [6.45, 7) is -0.578. The van der Waals surface area contributed by atoms with Crippen molar-refractivity contribution in [3.8, 4) is 0 Å². The van der Waals surface area contributed by atoms with E-state index in [-0.39, 0.29) is 12.2 Å².